The first-order valence-electron chi connectivity index (χ1n) is 6.51. The summed E-state index contributed by atoms with van der Waals surface area (Å²) in [6.07, 6.45) is 2.27. The van der Waals surface area contributed by atoms with Gasteiger partial charge in [0, 0.05) is 12.1 Å². The maximum Gasteiger partial charge on any atom is 0.0585 e. The van der Waals surface area contributed by atoms with E-state index >= 15 is 0 Å². The summed E-state index contributed by atoms with van der Waals surface area (Å²) in [6, 6.07) is 0.680. The highest BCUT2D eigenvalue weighted by atomic mass is 16.3. The fourth-order valence-corrected chi connectivity index (χ4v) is 1.67. The van der Waals surface area contributed by atoms with Gasteiger partial charge < -0.3 is 15.3 Å². The Labute approximate surface area is 101 Å². The third-order valence-corrected chi connectivity index (χ3v) is 2.74. The molecule has 0 aliphatic carbocycles. The number of nitrogens with zero attached hydrogens (tertiary/aromatic N) is 1. The van der Waals surface area contributed by atoms with Crippen molar-refractivity contribution in [2.24, 2.45) is 5.92 Å². The van der Waals surface area contributed by atoms with E-state index < -0.39 is 0 Å². The van der Waals surface area contributed by atoms with Crippen LogP contribution in [0.3, 0.4) is 0 Å². The average Bonchev–Trinajstić information content (AvgIpc) is 2.20. The normalized spacial score (nSPS) is 14.1. The van der Waals surface area contributed by atoms with Crippen molar-refractivity contribution in [3.8, 4) is 0 Å². The van der Waals surface area contributed by atoms with Crippen LogP contribution in [0.2, 0.25) is 0 Å². The standard InChI is InChI=1S/C13H30N2O/c1-11(2)6-8-15(5)9-7-13(10-16)14-12(3)4/h11-14,16H,6-10H2,1-5H3. The minimum atomic E-state index is 0.232. The predicted molar refractivity (Wildman–Crippen MR) is 70.7 cm³/mol. The number of nitrogens with one attached hydrogen (secondary N) is 1. The molecule has 1 atom stereocenters. The molecule has 3 nitrogen and oxygen atoms in total. The van der Waals surface area contributed by atoms with Crippen LogP contribution in [0, 0.1) is 5.92 Å². The molecule has 16 heavy (non-hydrogen) atoms. The highest BCUT2D eigenvalue weighted by Crippen LogP contribution is 2.02. The van der Waals surface area contributed by atoms with E-state index in [4.69, 9.17) is 0 Å². The quantitative estimate of drug-likeness (QED) is 0.633. The summed E-state index contributed by atoms with van der Waals surface area (Å²) >= 11 is 0. The lowest BCUT2D eigenvalue weighted by Crippen LogP contribution is -2.39. The van der Waals surface area contributed by atoms with Crippen LogP contribution in [0.5, 0.6) is 0 Å². The Bertz CT molecular complexity index is 160. The van der Waals surface area contributed by atoms with Crippen molar-refractivity contribution in [3.05, 3.63) is 0 Å². The second kappa shape index (κ2) is 8.97. The van der Waals surface area contributed by atoms with E-state index in [0.717, 1.165) is 25.4 Å². The van der Waals surface area contributed by atoms with Crippen molar-refractivity contribution < 1.29 is 5.11 Å². The molecule has 0 rings (SSSR count). The minimum Gasteiger partial charge on any atom is -0.395 e. The lowest BCUT2D eigenvalue weighted by Gasteiger charge is -2.23. The van der Waals surface area contributed by atoms with E-state index in [2.05, 4.69) is 45.0 Å². The molecule has 0 bridgehead atoms. The van der Waals surface area contributed by atoms with E-state index in [0.29, 0.717) is 6.04 Å². The maximum atomic E-state index is 9.22. The Morgan fingerprint density at radius 2 is 1.62 bits per heavy atom. The van der Waals surface area contributed by atoms with Gasteiger partial charge in [0.1, 0.15) is 0 Å². The smallest absolute Gasteiger partial charge is 0.0585 e. The van der Waals surface area contributed by atoms with Gasteiger partial charge in [0.15, 0.2) is 0 Å². The van der Waals surface area contributed by atoms with Gasteiger partial charge in [-0.1, -0.05) is 27.7 Å². The molecule has 0 spiro atoms. The van der Waals surface area contributed by atoms with Gasteiger partial charge in [-0.15, -0.1) is 0 Å². The Balaban J connectivity index is 3.66. The highest BCUT2D eigenvalue weighted by molar-refractivity contribution is 4.69. The SMILES string of the molecule is CC(C)CCN(C)CCC(CO)NC(C)C. The highest BCUT2D eigenvalue weighted by Gasteiger charge is 2.09. The first-order valence-corrected chi connectivity index (χ1v) is 6.51. The number of hydrogen-bond acceptors (Lipinski definition) is 3. The molecule has 0 fully saturated rings. The van der Waals surface area contributed by atoms with Crippen LogP contribution in [0.1, 0.15) is 40.5 Å². The lowest BCUT2D eigenvalue weighted by molar-refractivity contribution is 0.208. The van der Waals surface area contributed by atoms with Crippen LogP contribution in [0.15, 0.2) is 0 Å². The van der Waals surface area contributed by atoms with Crippen LogP contribution in [-0.2, 0) is 0 Å². The van der Waals surface area contributed by atoms with E-state index in [-0.39, 0.29) is 12.6 Å². The number of hydrogen-bond donors (Lipinski definition) is 2. The lowest BCUT2D eigenvalue weighted by atomic mass is 10.1. The minimum absolute atomic E-state index is 0.232. The predicted octanol–water partition coefficient (Wildman–Crippen LogP) is 1.71. The molecule has 3 heteroatoms. The van der Waals surface area contributed by atoms with Gasteiger partial charge in [-0.25, -0.2) is 0 Å². The zero-order valence-corrected chi connectivity index (χ0v) is 11.7. The van der Waals surface area contributed by atoms with Gasteiger partial charge in [0.25, 0.3) is 0 Å². The number of rotatable bonds is 9. The molecular formula is C13H30N2O. The summed E-state index contributed by atoms with van der Waals surface area (Å²) in [5, 5.41) is 12.6. The monoisotopic (exact) mass is 230 g/mol. The average molecular weight is 230 g/mol. The molecule has 0 saturated carbocycles. The largest absolute Gasteiger partial charge is 0.395 e. The molecule has 2 N–H and O–H groups in total. The topological polar surface area (TPSA) is 35.5 Å². The Hall–Kier alpha value is -0.120. The molecule has 0 radical (unpaired) electrons. The van der Waals surface area contributed by atoms with Crippen LogP contribution in [0.25, 0.3) is 0 Å². The molecule has 0 heterocycles. The molecular weight excluding hydrogens is 200 g/mol. The van der Waals surface area contributed by atoms with E-state index in [1.807, 2.05) is 0 Å². The van der Waals surface area contributed by atoms with E-state index in [9.17, 15) is 5.11 Å². The van der Waals surface area contributed by atoms with E-state index in [1.165, 1.54) is 6.42 Å². The van der Waals surface area contributed by atoms with Crippen LogP contribution in [-0.4, -0.2) is 48.8 Å². The van der Waals surface area contributed by atoms with Crippen molar-refractivity contribution >= 4 is 0 Å². The number of aliphatic hydroxyl groups excluding tert-OH is 1. The van der Waals surface area contributed by atoms with Gasteiger partial charge in [0.2, 0.25) is 0 Å². The van der Waals surface area contributed by atoms with Crippen molar-refractivity contribution in [2.75, 3.05) is 26.7 Å². The van der Waals surface area contributed by atoms with Crippen LogP contribution < -0.4 is 5.32 Å². The zero-order chi connectivity index (χ0) is 12.6. The number of aliphatic hydroxyl groups is 1. The molecule has 0 aliphatic rings. The Morgan fingerprint density at radius 3 is 2.06 bits per heavy atom. The fraction of sp³-hybridized carbons (Fsp3) is 1.00. The van der Waals surface area contributed by atoms with Gasteiger partial charge in [-0.05, 0) is 38.9 Å². The molecule has 0 saturated heterocycles. The Kier molecular flexibility index (Phi) is 8.90. The van der Waals surface area contributed by atoms with E-state index in [1.54, 1.807) is 0 Å². The van der Waals surface area contributed by atoms with Gasteiger partial charge in [0.05, 0.1) is 6.61 Å². The summed E-state index contributed by atoms with van der Waals surface area (Å²) < 4.78 is 0. The molecule has 0 aromatic heterocycles. The maximum absolute atomic E-state index is 9.22. The summed E-state index contributed by atoms with van der Waals surface area (Å²) in [5.74, 6) is 0.768. The third-order valence-electron chi connectivity index (χ3n) is 2.74. The summed E-state index contributed by atoms with van der Waals surface area (Å²) in [7, 11) is 2.16. The second-order valence-corrected chi connectivity index (χ2v) is 5.48. The van der Waals surface area contributed by atoms with Gasteiger partial charge in [-0.2, -0.15) is 0 Å². The van der Waals surface area contributed by atoms with Crippen molar-refractivity contribution in [1.29, 1.82) is 0 Å². The third kappa shape index (κ3) is 9.13. The first-order chi connectivity index (χ1) is 7.45. The molecule has 0 aromatic rings. The van der Waals surface area contributed by atoms with Crippen molar-refractivity contribution in [2.45, 2.75) is 52.6 Å². The van der Waals surface area contributed by atoms with Gasteiger partial charge in [-0.3, -0.25) is 0 Å². The van der Waals surface area contributed by atoms with Crippen molar-refractivity contribution in [1.82, 2.24) is 10.2 Å². The van der Waals surface area contributed by atoms with Crippen molar-refractivity contribution in [3.63, 3.8) is 0 Å². The summed E-state index contributed by atoms with van der Waals surface area (Å²) in [4.78, 5) is 2.35. The van der Waals surface area contributed by atoms with Gasteiger partial charge >= 0.3 is 0 Å². The molecule has 1 unspecified atom stereocenters. The zero-order valence-electron chi connectivity index (χ0n) is 11.7. The molecule has 0 aromatic carbocycles. The van der Waals surface area contributed by atoms with Crippen LogP contribution >= 0.6 is 0 Å². The fourth-order valence-electron chi connectivity index (χ4n) is 1.67. The Morgan fingerprint density at radius 1 is 1.06 bits per heavy atom. The summed E-state index contributed by atoms with van der Waals surface area (Å²) in [5.41, 5.74) is 0. The molecule has 98 valence electrons. The molecule has 0 aliphatic heterocycles. The molecule has 0 amide bonds. The van der Waals surface area contributed by atoms with Crippen LogP contribution in [0.4, 0.5) is 0 Å². The summed E-state index contributed by atoms with van der Waals surface area (Å²) in [6.45, 7) is 11.2. The first kappa shape index (κ1) is 15.9. The second-order valence-electron chi connectivity index (χ2n) is 5.48.